The molecule has 0 amide bonds. The van der Waals surface area contributed by atoms with Crippen molar-refractivity contribution < 1.29 is 13.2 Å². The van der Waals surface area contributed by atoms with Gasteiger partial charge >= 0.3 is 0 Å². The van der Waals surface area contributed by atoms with Gasteiger partial charge in [0.1, 0.15) is 5.75 Å². The van der Waals surface area contributed by atoms with Crippen LogP contribution in [0.4, 0.5) is 0 Å². The van der Waals surface area contributed by atoms with E-state index in [0.717, 1.165) is 17.4 Å². The predicted molar refractivity (Wildman–Crippen MR) is 124 cm³/mol. The largest absolute Gasteiger partial charge is 0.491 e. The number of sulfonamides is 1. The van der Waals surface area contributed by atoms with Gasteiger partial charge in [-0.05, 0) is 69.5 Å². The highest BCUT2D eigenvalue weighted by molar-refractivity contribution is 7.89. The zero-order valence-electron chi connectivity index (χ0n) is 18.5. The van der Waals surface area contributed by atoms with Crippen LogP contribution in [0.15, 0.2) is 53.8 Å². The first-order valence-corrected chi connectivity index (χ1v) is 12.1. The molecule has 0 spiro atoms. The zero-order chi connectivity index (χ0) is 22.2. The lowest BCUT2D eigenvalue weighted by atomic mass is 10.0. The summed E-state index contributed by atoms with van der Waals surface area (Å²) in [5.41, 5.74) is 4.16. The molecule has 1 aromatic carbocycles. The second kappa shape index (κ2) is 8.48. The zero-order valence-corrected chi connectivity index (χ0v) is 19.3. The number of nitrogens with zero attached hydrogens (tertiary/aromatic N) is 3. The topological polar surface area (TPSA) is 64.4 Å². The van der Waals surface area contributed by atoms with Gasteiger partial charge in [0.2, 0.25) is 10.0 Å². The minimum Gasteiger partial charge on any atom is -0.491 e. The van der Waals surface area contributed by atoms with E-state index in [-0.39, 0.29) is 6.10 Å². The Labute approximate surface area is 184 Å². The molecule has 164 valence electrons. The van der Waals surface area contributed by atoms with E-state index in [0.29, 0.717) is 35.7 Å². The highest BCUT2D eigenvalue weighted by Crippen LogP contribution is 2.33. The van der Waals surface area contributed by atoms with Crippen molar-refractivity contribution in [3.8, 4) is 5.75 Å². The molecule has 0 N–H and O–H groups in total. The van der Waals surface area contributed by atoms with Crippen molar-refractivity contribution in [2.24, 2.45) is 0 Å². The lowest BCUT2D eigenvalue weighted by molar-refractivity contribution is 0.242. The van der Waals surface area contributed by atoms with Crippen molar-refractivity contribution in [3.05, 3.63) is 60.1 Å². The fourth-order valence-corrected chi connectivity index (χ4v) is 5.75. The van der Waals surface area contributed by atoms with Gasteiger partial charge in [-0.15, -0.1) is 0 Å². The Balaban J connectivity index is 1.59. The number of fused-ring (bicyclic) bond motifs is 1. The molecular weight excluding hydrogens is 410 g/mol. The van der Waals surface area contributed by atoms with E-state index in [4.69, 9.17) is 4.74 Å². The number of aryl methyl sites for hydroxylation is 2. The molecule has 0 atom stereocenters. The first-order chi connectivity index (χ1) is 14.8. The summed E-state index contributed by atoms with van der Waals surface area (Å²) in [6.07, 6.45) is 8.61. The molecule has 0 saturated carbocycles. The molecule has 0 bridgehead atoms. The Kier molecular flexibility index (Phi) is 5.90. The number of ether oxygens (including phenoxy) is 1. The first kappa shape index (κ1) is 21.6. The van der Waals surface area contributed by atoms with Crippen molar-refractivity contribution in [3.63, 3.8) is 0 Å². The van der Waals surface area contributed by atoms with Gasteiger partial charge in [0.15, 0.2) is 0 Å². The lowest BCUT2D eigenvalue weighted by Crippen LogP contribution is -2.35. The van der Waals surface area contributed by atoms with Gasteiger partial charge in [-0.2, -0.15) is 4.31 Å². The monoisotopic (exact) mass is 439 g/mol. The maximum absolute atomic E-state index is 13.3. The van der Waals surface area contributed by atoms with Crippen molar-refractivity contribution in [2.75, 3.05) is 13.1 Å². The lowest BCUT2D eigenvalue weighted by Gasteiger charge is -2.26. The van der Waals surface area contributed by atoms with Gasteiger partial charge in [0.25, 0.3) is 0 Å². The molecular formula is C24H29N3O3S. The summed E-state index contributed by atoms with van der Waals surface area (Å²) in [6.45, 7) is 9.52. The Morgan fingerprint density at radius 1 is 1.23 bits per heavy atom. The maximum Gasteiger partial charge on any atom is 0.243 e. The molecule has 3 heterocycles. The van der Waals surface area contributed by atoms with E-state index in [2.05, 4.69) is 22.7 Å². The molecule has 0 radical (unpaired) electrons. The number of hydrogen-bond acceptors (Lipinski definition) is 4. The number of benzene rings is 1. The van der Waals surface area contributed by atoms with Gasteiger partial charge in [-0.3, -0.25) is 4.98 Å². The molecule has 4 rings (SSSR count). The van der Waals surface area contributed by atoms with Crippen LogP contribution in [-0.4, -0.2) is 41.5 Å². The average molecular weight is 440 g/mol. The summed E-state index contributed by atoms with van der Waals surface area (Å²) in [4.78, 5) is 4.59. The van der Waals surface area contributed by atoms with Crippen molar-refractivity contribution in [1.82, 2.24) is 13.9 Å². The highest BCUT2D eigenvalue weighted by Gasteiger charge is 2.28. The van der Waals surface area contributed by atoms with Gasteiger partial charge < -0.3 is 9.30 Å². The standard InChI is InChI=1S/C24H29N3O3S/c1-5-26-16-22(21-8-11-25-15-23(21)26)19-9-12-27(13-10-19)31(28,29)24-7-6-20(14-18(24)4)30-17(2)3/h6-9,11,14-17H,5,10,12-13H2,1-4H3. The molecule has 2 aromatic heterocycles. The second-order valence-electron chi connectivity index (χ2n) is 8.16. The van der Waals surface area contributed by atoms with E-state index >= 15 is 0 Å². The van der Waals surface area contributed by atoms with Crippen LogP contribution >= 0.6 is 0 Å². The number of rotatable bonds is 6. The summed E-state index contributed by atoms with van der Waals surface area (Å²) in [7, 11) is -3.57. The van der Waals surface area contributed by atoms with Crippen LogP contribution in [0.1, 0.15) is 38.3 Å². The van der Waals surface area contributed by atoms with E-state index in [1.165, 1.54) is 11.1 Å². The Bertz CT molecular complexity index is 1240. The van der Waals surface area contributed by atoms with Crippen LogP contribution < -0.4 is 4.74 Å². The fourth-order valence-electron chi connectivity index (χ4n) is 4.16. The van der Waals surface area contributed by atoms with Crippen LogP contribution in [0.3, 0.4) is 0 Å². The van der Waals surface area contributed by atoms with E-state index < -0.39 is 10.0 Å². The summed E-state index contributed by atoms with van der Waals surface area (Å²) >= 11 is 0. The van der Waals surface area contributed by atoms with Crippen LogP contribution in [-0.2, 0) is 16.6 Å². The smallest absolute Gasteiger partial charge is 0.243 e. The third kappa shape index (κ3) is 4.12. The van der Waals surface area contributed by atoms with Gasteiger partial charge in [-0.25, -0.2) is 8.42 Å². The molecule has 1 aliphatic heterocycles. The third-order valence-electron chi connectivity index (χ3n) is 5.68. The third-order valence-corrected chi connectivity index (χ3v) is 7.70. The van der Waals surface area contributed by atoms with Gasteiger partial charge in [0.05, 0.1) is 22.7 Å². The van der Waals surface area contributed by atoms with E-state index in [9.17, 15) is 8.42 Å². The predicted octanol–water partition coefficient (Wildman–Crippen LogP) is 4.63. The molecule has 0 fully saturated rings. The molecule has 6 nitrogen and oxygen atoms in total. The van der Waals surface area contributed by atoms with Gasteiger partial charge in [-0.1, -0.05) is 6.08 Å². The summed E-state index contributed by atoms with van der Waals surface area (Å²) in [6, 6.07) is 7.22. The normalized spacial score (nSPS) is 15.5. The summed E-state index contributed by atoms with van der Waals surface area (Å²) in [5, 5.41) is 1.16. The van der Waals surface area contributed by atoms with Crippen LogP contribution in [0.25, 0.3) is 16.5 Å². The van der Waals surface area contributed by atoms with E-state index in [1.807, 2.05) is 39.1 Å². The first-order valence-electron chi connectivity index (χ1n) is 10.7. The maximum atomic E-state index is 13.3. The Morgan fingerprint density at radius 3 is 2.68 bits per heavy atom. The van der Waals surface area contributed by atoms with Gasteiger partial charge in [0, 0.05) is 43.0 Å². The van der Waals surface area contributed by atoms with Crippen LogP contribution in [0.2, 0.25) is 0 Å². The van der Waals surface area contributed by atoms with Crippen molar-refractivity contribution in [1.29, 1.82) is 0 Å². The molecule has 31 heavy (non-hydrogen) atoms. The van der Waals surface area contributed by atoms with Crippen molar-refractivity contribution in [2.45, 2.75) is 51.7 Å². The summed E-state index contributed by atoms with van der Waals surface area (Å²) < 4.78 is 36.0. The van der Waals surface area contributed by atoms with Crippen LogP contribution in [0, 0.1) is 6.92 Å². The minimum absolute atomic E-state index is 0.0435. The Morgan fingerprint density at radius 2 is 2.03 bits per heavy atom. The highest BCUT2D eigenvalue weighted by atomic mass is 32.2. The molecule has 3 aromatic rings. The molecule has 7 heteroatoms. The molecule has 0 unspecified atom stereocenters. The van der Waals surface area contributed by atoms with Crippen LogP contribution in [0.5, 0.6) is 5.75 Å². The fraction of sp³-hybridized carbons (Fsp3) is 0.375. The average Bonchev–Trinajstić information content (AvgIpc) is 3.12. The quantitative estimate of drug-likeness (QED) is 0.562. The summed E-state index contributed by atoms with van der Waals surface area (Å²) in [5.74, 6) is 0.689. The second-order valence-corrected chi connectivity index (χ2v) is 10.1. The molecule has 0 aliphatic carbocycles. The molecule has 0 saturated heterocycles. The minimum atomic E-state index is -3.57. The number of aromatic nitrogens is 2. The Hall–Kier alpha value is -2.64. The number of pyridine rings is 1. The van der Waals surface area contributed by atoms with E-state index in [1.54, 1.807) is 28.7 Å². The molecule has 1 aliphatic rings. The SMILES string of the molecule is CCn1cc(C2=CCN(S(=O)(=O)c3ccc(OC(C)C)cc3C)CC2)c2ccncc21. The number of hydrogen-bond donors (Lipinski definition) is 0. The van der Waals surface area contributed by atoms with Crippen molar-refractivity contribution >= 4 is 26.5 Å².